The van der Waals surface area contributed by atoms with Gasteiger partial charge in [-0.05, 0) is 32.4 Å². The van der Waals surface area contributed by atoms with Crippen LogP contribution in [0.1, 0.15) is 12.8 Å². The fraction of sp³-hybridized carbons (Fsp3) is 0.636. The van der Waals surface area contributed by atoms with E-state index >= 15 is 0 Å². The molecule has 2 rings (SSSR count). The van der Waals surface area contributed by atoms with Gasteiger partial charge >= 0.3 is 0 Å². The molecule has 1 fully saturated rings. The molecule has 0 aliphatic carbocycles. The standard InChI is InChI=1S/C11H19N5/c1-16-4-2-3-9(8-16)5-14-11-7-13-6-10(12)15-11/h6-7,9H,2-5,8H2,1H3,(H3,12,14,15). The monoisotopic (exact) mass is 221 g/mol. The smallest absolute Gasteiger partial charge is 0.146 e. The average molecular weight is 221 g/mol. The van der Waals surface area contributed by atoms with Crippen LogP contribution in [-0.4, -0.2) is 41.5 Å². The third-order valence-electron chi connectivity index (χ3n) is 2.95. The van der Waals surface area contributed by atoms with Crippen molar-refractivity contribution in [3.8, 4) is 0 Å². The van der Waals surface area contributed by atoms with Crippen molar-refractivity contribution in [2.24, 2.45) is 5.92 Å². The number of hydrogen-bond donors (Lipinski definition) is 2. The molecule has 16 heavy (non-hydrogen) atoms. The van der Waals surface area contributed by atoms with Crippen molar-refractivity contribution in [2.75, 3.05) is 37.7 Å². The van der Waals surface area contributed by atoms with Crippen LogP contribution >= 0.6 is 0 Å². The van der Waals surface area contributed by atoms with Gasteiger partial charge in [-0.15, -0.1) is 0 Å². The summed E-state index contributed by atoms with van der Waals surface area (Å²) >= 11 is 0. The van der Waals surface area contributed by atoms with E-state index in [0.717, 1.165) is 18.9 Å². The van der Waals surface area contributed by atoms with Crippen LogP contribution in [0.25, 0.3) is 0 Å². The van der Waals surface area contributed by atoms with Gasteiger partial charge in [0.05, 0.1) is 12.4 Å². The Morgan fingerprint density at radius 2 is 2.44 bits per heavy atom. The molecule has 0 spiro atoms. The zero-order valence-electron chi connectivity index (χ0n) is 9.69. The van der Waals surface area contributed by atoms with E-state index < -0.39 is 0 Å². The lowest BCUT2D eigenvalue weighted by Gasteiger charge is -2.29. The molecule has 1 aromatic rings. The first kappa shape index (κ1) is 11.1. The number of nitrogens with two attached hydrogens (primary N) is 1. The van der Waals surface area contributed by atoms with Crippen molar-refractivity contribution < 1.29 is 0 Å². The fourth-order valence-corrected chi connectivity index (χ4v) is 2.15. The Labute approximate surface area is 96.1 Å². The molecule has 0 radical (unpaired) electrons. The molecule has 1 aromatic heterocycles. The molecule has 5 nitrogen and oxygen atoms in total. The van der Waals surface area contributed by atoms with Gasteiger partial charge in [0.15, 0.2) is 0 Å². The summed E-state index contributed by atoms with van der Waals surface area (Å²) in [5.74, 6) is 1.93. The normalized spacial score (nSPS) is 21.9. The minimum Gasteiger partial charge on any atom is -0.382 e. The van der Waals surface area contributed by atoms with Gasteiger partial charge in [-0.2, -0.15) is 0 Å². The van der Waals surface area contributed by atoms with E-state index in [1.165, 1.54) is 19.4 Å². The molecule has 1 aliphatic heterocycles. The Hall–Kier alpha value is -1.36. The molecule has 1 saturated heterocycles. The summed E-state index contributed by atoms with van der Waals surface area (Å²) in [6.45, 7) is 3.32. The predicted molar refractivity (Wildman–Crippen MR) is 65.2 cm³/mol. The Bertz CT molecular complexity index is 341. The van der Waals surface area contributed by atoms with Gasteiger partial charge in [0.25, 0.3) is 0 Å². The van der Waals surface area contributed by atoms with Crippen LogP contribution in [-0.2, 0) is 0 Å². The van der Waals surface area contributed by atoms with Gasteiger partial charge in [-0.1, -0.05) is 0 Å². The summed E-state index contributed by atoms with van der Waals surface area (Å²) in [7, 11) is 2.17. The highest BCUT2D eigenvalue weighted by Gasteiger charge is 2.16. The first-order valence-electron chi connectivity index (χ1n) is 5.74. The quantitative estimate of drug-likeness (QED) is 0.790. The lowest BCUT2D eigenvalue weighted by molar-refractivity contribution is 0.217. The first-order chi connectivity index (χ1) is 7.74. The Kier molecular flexibility index (Phi) is 3.56. The number of rotatable bonds is 3. The van der Waals surface area contributed by atoms with E-state index in [4.69, 9.17) is 5.73 Å². The van der Waals surface area contributed by atoms with Crippen LogP contribution in [0.15, 0.2) is 12.4 Å². The van der Waals surface area contributed by atoms with Gasteiger partial charge in [0.1, 0.15) is 11.6 Å². The van der Waals surface area contributed by atoms with E-state index in [9.17, 15) is 0 Å². The van der Waals surface area contributed by atoms with Crippen molar-refractivity contribution in [2.45, 2.75) is 12.8 Å². The van der Waals surface area contributed by atoms with Gasteiger partial charge in [0, 0.05) is 13.1 Å². The molecule has 0 aromatic carbocycles. The minimum atomic E-state index is 0.464. The van der Waals surface area contributed by atoms with Crippen molar-refractivity contribution in [3.63, 3.8) is 0 Å². The fourth-order valence-electron chi connectivity index (χ4n) is 2.15. The van der Waals surface area contributed by atoms with E-state index in [1.807, 2.05) is 0 Å². The van der Waals surface area contributed by atoms with Crippen molar-refractivity contribution in [1.82, 2.24) is 14.9 Å². The van der Waals surface area contributed by atoms with E-state index in [2.05, 4.69) is 27.2 Å². The predicted octanol–water partition coefficient (Wildman–Crippen LogP) is 0.812. The SMILES string of the molecule is CN1CCCC(CNc2cncc(N)n2)C1. The van der Waals surface area contributed by atoms with Gasteiger partial charge in [0.2, 0.25) is 0 Å². The van der Waals surface area contributed by atoms with Gasteiger partial charge in [-0.3, -0.25) is 4.98 Å². The first-order valence-corrected chi connectivity index (χ1v) is 5.74. The number of nitrogens with one attached hydrogen (secondary N) is 1. The van der Waals surface area contributed by atoms with Crippen LogP contribution in [0.4, 0.5) is 11.6 Å². The molecule has 88 valence electrons. The summed E-state index contributed by atoms with van der Waals surface area (Å²) in [5, 5.41) is 3.30. The van der Waals surface area contributed by atoms with Crippen LogP contribution in [0.5, 0.6) is 0 Å². The van der Waals surface area contributed by atoms with E-state index in [0.29, 0.717) is 11.7 Å². The summed E-state index contributed by atoms with van der Waals surface area (Å²) in [5.41, 5.74) is 5.57. The maximum Gasteiger partial charge on any atom is 0.146 e. The van der Waals surface area contributed by atoms with Gasteiger partial charge < -0.3 is 16.0 Å². The lowest BCUT2D eigenvalue weighted by atomic mass is 9.98. The number of likely N-dealkylation sites (tertiary alicyclic amines) is 1. The van der Waals surface area contributed by atoms with Crippen LogP contribution in [0.3, 0.4) is 0 Å². The molecule has 2 heterocycles. The molecule has 1 unspecified atom stereocenters. The highest BCUT2D eigenvalue weighted by atomic mass is 15.1. The second kappa shape index (κ2) is 5.12. The number of nitrogens with zero attached hydrogens (tertiary/aromatic N) is 3. The Morgan fingerprint density at radius 3 is 3.19 bits per heavy atom. The zero-order chi connectivity index (χ0) is 11.4. The molecule has 1 aliphatic rings. The van der Waals surface area contributed by atoms with Crippen LogP contribution < -0.4 is 11.1 Å². The Morgan fingerprint density at radius 1 is 1.56 bits per heavy atom. The third-order valence-corrected chi connectivity index (χ3v) is 2.95. The summed E-state index contributed by atoms with van der Waals surface area (Å²) in [6.07, 6.45) is 5.83. The summed E-state index contributed by atoms with van der Waals surface area (Å²) in [6, 6.07) is 0. The maximum atomic E-state index is 5.57. The molecule has 3 N–H and O–H groups in total. The molecule has 1 atom stereocenters. The highest BCUT2D eigenvalue weighted by Crippen LogP contribution is 2.15. The summed E-state index contributed by atoms with van der Waals surface area (Å²) < 4.78 is 0. The number of piperidine rings is 1. The van der Waals surface area contributed by atoms with Crippen molar-refractivity contribution >= 4 is 11.6 Å². The van der Waals surface area contributed by atoms with E-state index in [-0.39, 0.29) is 0 Å². The molecular weight excluding hydrogens is 202 g/mol. The average Bonchev–Trinajstić information content (AvgIpc) is 2.27. The second-order valence-corrected chi connectivity index (χ2v) is 4.48. The van der Waals surface area contributed by atoms with Crippen molar-refractivity contribution in [1.29, 1.82) is 0 Å². The second-order valence-electron chi connectivity index (χ2n) is 4.48. The van der Waals surface area contributed by atoms with Gasteiger partial charge in [-0.25, -0.2) is 4.98 Å². The minimum absolute atomic E-state index is 0.464. The largest absolute Gasteiger partial charge is 0.382 e. The summed E-state index contributed by atoms with van der Waals surface area (Å²) in [4.78, 5) is 10.5. The number of anilines is 2. The molecule has 0 saturated carbocycles. The molecule has 0 amide bonds. The molecule has 0 bridgehead atoms. The molecular formula is C11H19N5. The Balaban J connectivity index is 1.82. The highest BCUT2D eigenvalue weighted by molar-refractivity contribution is 5.38. The van der Waals surface area contributed by atoms with Crippen molar-refractivity contribution in [3.05, 3.63) is 12.4 Å². The maximum absolute atomic E-state index is 5.57. The molecule has 5 heteroatoms. The lowest BCUT2D eigenvalue weighted by Crippen LogP contribution is -2.35. The number of aromatic nitrogens is 2. The number of nitrogen functional groups attached to an aromatic ring is 1. The van der Waals surface area contributed by atoms with Crippen LogP contribution in [0.2, 0.25) is 0 Å². The van der Waals surface area contributed by atoms with E-state index in [1.54, 1.807) is 12.4 Å². The third kappa shape index (κ3) is 3.06. The topological polar surface area (TPSA) is 67.1 Å². The zero-order valence-corrected chi connectivity index (χ0v) is 9.69. The number of hydrogen-bond acceptors (Lipinski definition) is 5. The van der Waals surface area contributed by atoms with Crippen LogP contribution in [0, 0.1) is 5.92 Å².